The van der Waals surface area contributed by atoms with Crippen molar-refractivity contribution < 1.29 is 4.79 Å². The van der Waals surface area contributed by atoms with Gasteiger partial charge in [-0.05, 0) is 51.2 Å². The topological polar surface area (TPSA) is 44.4 Å². The summed E-state index contributed by atoms with van der Waals surface area (Å²) in [5, 5.41) is 6.37. The van der Waals surface area contributed by atoms with Gasteiger partial charge in [0, 0.05) is 25.0 Å². The molecule has 3 unspecified atom stereocenters. The first kappa shape index (κ1) is 14.8. The first-order chi connectivity index (χ1) is 9.08. The number of amides is 1. The van der Waals surface area contributed by atoms with Crippen molar-refractivity contribution in [1.82, 2.24) is 15.5 Å². The average molecular weight is 267 g/mol. The van der Waals surface area contributed by atoms with Crippen LogP contribution in [0.4, 0.5) is 0 Å². The molecule has 4 nitrogen and oxygen atoms in total. The van der Waals surface area contributed by atoms with Crippen LogP contribution in [0.3, 0.4) is 0 Å². The molecule has 4 heteroatoms. The molecule has 19 heavy (non-hydrogen) atoms. The SMILES string of the molecule is CC1CCCN(C(C)CNC(=O)C(C)C2CNC2)C1. The van der Waals surface area contributed by atoms with Crippen molar-refractivity contribution in [2.45, 2.75) is 39.7 Å². The number of hydrogen-bond donors (Lipinski definition) is 2. The summed E-state index contributed by atoms with van der Waals surface area (Å²) >= 11 is 0. The number of nitrogens with zero attached hydrogens (tertiary/aromatic N) is 1. The normalized spacial score (nSPS) is 28.5. The van der Waals surface area contributed by atoms with Gasteiger partial charge < -0.3 is 10.6 Å². The van der Waals surface area contributed by atoms with E-state index in [1.54, 1.807) is 0 Å². The van der Waals surface area contributed by atoms with Gasteiger partial charge in [0.15, 0.2) is 0 Å². The van der Waals surface area contributed by atoms with Crippen molar-refractivity contribution in [3.05, 3.63) is 0 Å². The second-order valence-electron chi connectivity index (χ2n) is 6.54. The molecule has 0 bridgehead atoms. The van der Waals surface area contributed by atoms with Crippen LogP contribution in [0, 0.1) is 17.8 Å². The zero-order chi connectivity index (χ0) is 13.8. The molecule has 3 atom stereocenters. The molecule has 0 aromatic carbocycles. The van der Waals surface area contributed by atoms with E-state index in [9.17, 15) is 4.79 Å². The highest BCUT2D eigenvalue weighted by Gasteiger charge is 2.29. The van der Waals surface area contributed by atoms with Crippen LogP contribution in [0.25, 0.3) is 0 Å². The quantitative estimate of drug-likeness (QED) is 0.783. The predicted molar refractivity (Wildman–Crippen MR) is 78.0 cm³/mol. The number of nitrogens with one attached hydrogen (secondary N) is 2. The van der Waals surface area contributed by atoms with Gasteiger partial charge in [-0.25, -0.2) is 0 Å². The van der Waals surface area contributed by atoms with E-state index in [0.29, 0.717) is 12.0 Å². The molecule has 2 saturated heterocycles. The third kappa shape index (κ3) is 3.93. The van der Waals surface area contributed by atoms with Crippen LogP contribution in [-0.4, -0.2) is 49.6 Å². The number of piperidine rings is 1. The van der Waals surface area contributed by atoms with Gasteiger partial charge in [-0.15, -0.1) is 0 Å². The van der Waals surface area contributed by atoms with Gasteiger partial charge in [0.25, 0.3) is 0 Å². The van der Waals surface area contributed by atoms with Crippen LogP contribution in [0.2, 0.25) is 0 Å². The third-order valence-corrected chi connectivity index (χ3v) is 4.82. The highest BCUT2D eigenvalue weighted by atomic mass is 16.1. The van der Waals surface area contributed by atoms with Crippen LogP contribution < -0.4 is 10.6 Å². The lowest BCUT2D eigenvalue weighted by atomic mass is 9.88. The van der Waals surface area contributed by atoms with Gasteiger partial charge in [-0.1, -0.05) is 13.8 Å². The lowest BCUT2D eigenvalue weighted by molar-refractivity contribution is -0.126. The molecule has 0 aliphatic carbocycles. The van der Waals surface area contributed by atoms with Crippen molar-refractivity contribution >= 4 is 5.91 Å². The maximum atomic E-state index is 12.1. The summed E-state index contributed by atoms with van der Waals surface area (Å²) in [5.74, 6) is 1.70. The molecule has 2 aliphatic rings. The summed E-state index contributed by atoms with van der Waals surface area (Å²) in [7, 11) is 0. The molecule has 2 aliphatic heterocycles. The molecule has 0 radical (unpaired) electrons. The van der Waals surface area contributed by atoms with Gasteiger partial charge in [0.2, 0.25) is 5.91 Å². The second-order valence-corrected chi connectivity index (χ2v) is 6.54. The minimum Gasteiger partial charge on any atom is -0.354 e. The molecule has 0 spiro atoms. The fourth-order valence-corrected chi connectivity index (χ4v) is 3.04. The standard InChI is InChI=1S/C15H29N3O/c1-11-5-4-6-18(10-11)12(2)7-17-15(19)13(3)14-8-16-9-14/h11-14,16H,4-10H2,1-3H3,(H,17,19). The summed E-state index contributed by atoms with van der Waals surface area (Å²) in [6.45, 7) is 11.7. The van der Waals surface area contributed by atoms with Gasteiger partial charge in [-0.2, -0.15) is 0 Å². The minimum absolute atomic E-state index is 0.147. The average Bonchev–Trinajstić information content (AvgIpc) is 2.33. The van der Waals surface area contributed by atoms with Crippen molar-refractivity contribution in [1.29, 1.82) is 0 Å². The predicted octanol–water partition coefficient (Wildman–Crippen LogP) is 1.08. The molecule has 110 valence electrons. The molecule has 1 amide bonds. The van der Waals surface area contributed by atoms with E-state index >= 15 is 0 Å². The Morgan fingerprint density at radius 3 is 2.74 bits per heavy atom. The molecule has 0 aromatic heterocycles. The van der Waals surface area contributed by atoms with E-state index in [0.717, 1.165) is 25.6 Å². The van der Waals surface area contributed by atoms with E-state index < -0.39 is 0 Å². The lowest BCUT2D eigenvalue weighted by Gasteiger charge is -2.36. The molecule has 2 fully saturated rings. The highest BCUT2D eigenvalue weighted by Crippen LogP contribution is 2.18. The maximum absolute atomic E-state index is 12.1. The zero-order valence-corrected chi connectivity index (χ0v) is 12.6. The summed E-state index contributed by atoms with van der Waals surface area (Å²) < 4.78 is 0. The van der Waals surface area contributed by atoms with Gasteiger partial charge in [-0.3, -0.25) is 9.69 Å². The fraction of sp³-hybridized carbons (Fsp3) is 0.933. The van der Waals surface area contributed by atoms with Gasteiger partial charge >= 0.3 is 0 Å². The number of hydrogen-bond acceptors (Lipinski definition) is 3. The lowest BCUT2D eigenvalue weighted by Crippen LogP contribution is -2.51. The largest absolute Gasteiger partial charge is 0.354 e. The molecule has 2 rings (SSSR count). The molecule has 2 heterocycles. The van der Waals surface area contributed by atoms with Crippen molar-refractivity contribution in [3.8, 4) is 0 Å². The van der Waals surface area contributed by atoms with Crippen molar-refractivity contribution in [2.24, 2.45) is 17.8 Å². The van der Waals surface area contributed by atoms with E-state index in [2.05, 4.69) is 36.3 Å². The molecule has 2 N–H and O–H groups in total. The van der Waals surface area contributed by atoms with E-state index in [4.69, 9.17) is 0 Å². The molecular weight excluding hydrogens is 238 g/mol. The number of rotatable bonds is 5. The molecule has 0 aromatic rings. The Balaban J connectivity index is 1.70. The Labute approximate surface area is 117 Å². The third-order valence-electron chi connectivity index (χ3n) is 4.82. The number of carbonyl (C=O) groups excluding carboxylic acids is 1. The van der Waals surface area contributed by atoms with Crippen LogP contribution in [0.5, 0.6) is 0 Å². The first-order valence-electron chi connectivity index (χ1n) is 7.80. The Hall–Kier alpha value is -0.610. The number of carbonyl (C=O) groups is 1. The van der Waals surface area contributed by atoms with Crippen LogP contribution >= 0.6 is 0 Å². The van der Waals surface area contributed by atoms with Crippen LogP contribution in [0.1, 0.15) is 33.6 Å². The van der Waals surface area contributed by atoms with Crippen LogP contribution in [-0.2, 0) is 4.79 Å². The van der Waals surface area contributed by atoms with Crippen molar-refractivity contribution in [3.63, 3.8) is 0 Å². The Morgan fingerprint density at radius 2 is 2.16 bits per heavy atom. The van der Waals surface area contributed by atoms with Crippen LogP contribution in [0.15, 0.2) is 0 Å². The molecular formula is C15H29N3O. The maximum Gasteiger partial charge on any atom is 0.223 e. The number of likely N-dealkylation sites (tertiary alicyclic amines) is 1. The summed E-state index contributed by atoms with van der Waals surface area (Å²) in [4.78, 5) is 14.6. The highest BCUT2D eigenvalue weighted by molar-refractivity contribution is 5.78. The van der Waals surface area contributed by atoms with E-state index in [1.165, 1.54) is 25.9 Å². The van der Waals surface area contributed by atoms with Gasteiger partial charge in [0.05, 0.1) is 0 Å². The van der Waals surface area contributed by atoms with E-state index in [1.807, 2.05) is 0 Å². The zero-order valence-electron chi connectivity index (χ0n) is 12.6. The Kier molecular flexibility index (Phi) is 5.22. The molecule has 0 saturated carbocycles. The summed E-state index contributed by atoms with van der Waals surface area (Å²) in [5.41, 5.74) is 0. The van der Waals surface area contributed by atoms with E-state index in [-0.39, 0.29) is 11.8 Å². The second kappa shape index (κ2) is 6.71. The Bertz CT molecular complexity index is 304. The van der Waals surface area contributed by atoms with Crippen molar-refractivity contribution in [2.75, 3.05) is 32.7 Å². The first-order valence-corrected chi connectivity index (χ1v) is 7.80. The summed E-state index contributed by atoms with van der Waals surface area (Å²) in [6, 6.07) is 0.457. The Morgan fingerprint density at radius 1 is 1.42 bits per heavy atom. The smallest absolute Gasteiger partial charge is 0.223 e. The van der Waals surface area contributed by atoms with Gasteiger partial charge in [0.1, 0.15) is 0 Å². The monoisotopic (exact) mass is 267 g/mol. The summed E-state index contributed by atoms with van der Waals surface area (Å²) in [6.07, 6.45) is 2.64. The minimum atomic E-state index is 0.147. The fourth-order valence-electron chi connectivity index (χ4n) is 3.04.